The van der Waals surface area contributed by atoms with Crippen LogP contribution in [-0.2, 0) is 22.9 Å². The summed E-state index contributed by atoms with van der Waals surface area (Å²) < 4.78 is 6.59. The number of carbonyl (C=O) groups is 2. The van der Waals surface area contributed by atoms with Crippen molar-refractivity contribution in [2.75, 3.05) is 0 Å². The molecule has 2 N–H and O–H groups in total. The minimum atomic E-state index is -0.599. The van der Waals surface area contributed by atoms with Gasteiger partial charge in [0.25, 0.3) is 0 Å². The number of rotatable bonds is 4. The van der Waals surface area contributed by atoms with Crippen LogP contribution < -0.4 is 0 Å². The summed E-state index contributed by atoms with van der Waals surface area (Å²) in [5, 5.41) is 7.33. The van der Waals surface area contributed by atoms with Crippen LogP contribution in [0.4, 0.5) is 0 Å². The molecule has 1 rings (SSSR count). The molecule has 1 aromatic heterocycles. The predicted molar refractivity (Wildman–Crippen MR) is 65.1 cm³/mol. The van der Waals surface area contributed by atoms with Crippen LogP contribution in [0.2, 0.25) is 0 Å². The van der Waals surface area contributed by atoms with Crippen LogP contribution in [0.1, 0.15) is 44.0 Å². The van der Waals surface area contributed by atoms with E-state index in [1.165, 1.54) is 17.7 Å². The average molecular weight is 255 g/mol. The lowest BCUT2D eigenvalue weighted by atomic mass is 9.98. The highest BCUT2D eigenvalue weighted by atomic mass is 16.5. The second-order valence-electron chi connectivity index (χ2n) is 5.05. The maximum absolute atomic E-state index is 11.7. The number of ether oxygens (including phenoxy) is 1. The molecule has 0 bridgehead atoms. The van der Waals surface area contributed by atoms with E-state index < -0.39 is 5.41 Å². The maximum atomic E-state index is 11.7. The molecule has 6 nitrogen and oxygen atoms in total. The van der Waals surface area contributed by atoms with Crippen LogP contribution >= 0.6 is 0 Å². The van der Waals surface area contributed by atoms with Gasteiger partial charge in [-0.3, -0.25) is 14.2 Å². The van der Waals surface area contributed by atoms with Gasteiger partial charge in [0.15, 0.2) is 24.9 Å². The Hall–Kier alpha value is -1.69. The van der Waals surface area contributed by atoms with Gasteiger partial charge in [-0.25, -0.2) is 4.98 Å². The summed E-state index contributed by atoms with van der Waals surface area (Å²) in [6.45, 7) is 6.53. The highest BCUT2D eigenvalue weighted by molar-refractivity contribution is 5.90. The zero-order chi connectivity index (χ0) is 13.9. The first-order chi connectivity index (χ1) is 8.27. The van der Waals surface area contributed by atoms with Crippen LogP contribution in [0.15, 0.2) is 6.20 Å². The molecule has 0 fully saturated rings. The number of esters is 1. The Balaban J connectivity index is 2.87. The van der Waals surface area contributed by atoms with Crippen LogP contribution in [0.5, 0.6) is 0 Å². The first-order valence-electron chi connectivity index (χ1n) is 5.64. The Kier molecular flexibility index (Phi) is 4.24. The lowest BCUT2D eigenvalue weighted by molar-refractivity contribution is -0.157. The van der Waals surface area contributed by atoms with E-state index >= 15 is 0 Å². The fraction of sp³-hybridized carbons (Fsp3) is 0.583. The quantitative estimate of drug-likeness (QED) is 0.453. The third kappa shape index (κ3) is 3.16. The number of Topliss-reactive ketones (excluding diaryl/α,β-unsaturated/α-hetero) is 1. The topological polar surface area (TPSA) is 84.1 Å². The first kappa shape index (κ1) is 14.4. The average Bonchev–Trinajstić information content (AvgIpc) is 2.67. The number of hydrogen-bond donors (Lipinski definition) is 0. The smallest absolute Gasteiger partial charge is 0.312 e. The van der Waals surface area contributed by atoms with Crippen LogP contribution in [0.3, 0.4) is 0 Å². The summed E-state index contributed by atoms with van der Waals surface area (Å²) in [4.78, 5) is 26.9. The van der Waals surface area contributed by atoms with Crippen molar-refractivity contribution in [2.45, 2.75) is 41.0 Å². The summed E-state index contributed by atoms with van der Waals surface area (Å²) in [7, 11) is 0. The molecule has 0 atom stereocenters. The number of hydrogen-bond acceptors (Lipinski definition) is 4. The van der Waals surface area contributed by atoms with Gasteiger partial charge >= 0.3 is 5.97 Å². The molecule has 0 amide bonds. The van der Waals surface area contributed by atoms with Crippen LogP contribution in [0, 0.1) is 5.41 Å². The van der Waals surface area contributed by atoms with Crippen molar-refractivity contribution >= 4 is 11.8 Å². The molecule has 0 unspecified atom stereocenters. The molecular weight excluding hydrogens is 236 g/mol. The van der Waals surface area contributed by atoms with Gasteiger partial charge in [-0.2, -0.15) is 0 Å². The molecule has 0 aliphatic carbocycles. The highest BCUT2D eigenvalue weighted by Gasteiger charge is 2.24. The summed E-state index contributed by atoms with van der Waals surface area (Å²) in [6.07, 6.45) is 1.45. The van der Waals surface area contributed by atoms with E-state index in [0.29, 0.717) is 5.69 Å². The third-order valence-corrected chi connectivity index (χ3v) is 2.37. The zero-order valence-electron chi connectivity index (χ0n) is 11.1. The maximum Gasteiger partial charge on any atom is 0.312 e. The fourth-order valence-corrected chi connectivity index (χ4v) is 1.32. The van der Waals surface area contributed by atoms with Crippen LogP contribution in [-0.4, -0.2) is 26.4 Å². The van der Waals surface area contributed by atoms with E-state index in [2.05, 4.69) is 4.98 Å². The van der Waals surface area contributed by atoms with E-state index in [4.69, 9.17) is 9.84 Å². The van der Waals surface area contributed by atoms with E-state index in [1.807, 2.05) is 0 Å². The van der Waals surface area contributed by atoms with Gasteiger partial charge in [0, 0.05) is 6.92 Å². The number of nitrogens with zero attached hydrogens (tertiary/aromatic N) is 2. The molecule has 1 aromatic rings. The Morgan fingerprint density at radius 3 is 2.50 bits per heavy atom. The monoisotopic (exact) mass is 255 g/mol. The molecule has 0 aliphatic heterocycles. The largest absolute Gasteiger partial charge is 0.443 e. The van der Waals surface area contributed by atoms with E-state index in [0.717, 1.165) is 0 Å². The van der Waals surface area contributed by atoms with Crippen LogP contribution in [0.25, 0.3) is 0 Å². The SMILES string of the molecule is CC(=O)c1ncc(C[OH2+])n1COC(=O)C(C)(C)C. The van der Waals surface area contributed by atoms with Crippen molar-refractivity contribution in [1.82, 2.24) is 9.55 Å². The van der Waals surface area contributed by atoms with Crippen molar-refractivity contribution in [3.05, 3.63) is 17.7 Å². The van der Waals surface area contributed by atoms with Crippen molar-refractivity contribution in [2.24, 2.45) is 5.41 Å². The van der Waals surface area contributed by atoms with Gasteiger partial charge in [-0.05, 0) is 20.8 Å². The number of imidazole rings is 1. The molecule has 0 saturated heterocycles. The second-order valence-corrected chi connectivity index (χ2v) is 5.05. The molecule has 0 radical (unpaired) electrons. The van der Waals surface area contributed by atoms with Crippen molar-refractivity contribution in [3.63, 3.8) is 0 Å². The van der Waals surface area contributed by atoms with Crippen molar-refractivity contribution < 1.29 is 19.4 Å². The molecule has 0 spiro atoms. The fourth-order valence-electron chi connectivity index (χ4n) is 1.32. The van der Waals surface area contributed by atoms with Gasteiger partial charge in [0.2, 0.25) is 0 Å². The molecule has 100 valence electrons. The first-order valence-corrected chi connectivity index (χ1v) is 5.64. The normalized spacial score (nSPS) is 11.4. The third-order valence-electron chi connectivity index (χ3n) is 2.37. The number of aromatic nitrogens is 2. The lowest BCUT2D eigenvalue weighted by Crippen LogP contribution is -2.25. The van der Waals surface area contributed by atoms with E-state index in [-0.39, 0.29) is 30.9 Å². The summed E-state index contributed by atoms with van der Waals surface area (Å²) in [5.74, 6) is -0.373. The summed E-state index contributed by atoms with van der Waals surface area (Å²) in [5.41, 5.74) is -0.0557. The highest BCUT2D eigenvalue weighted by Crippen LogP contribution is 2.16. The minimum Gasteiger partial charge on any atom is -0.443 e. The van der Waals surface area contributed by atoms with Gasteiger partial charge in [-0.1, -0.05) is 0 Å². The van der Waals surface area contributed by atoms with E-state index in [9.17, 15) is 9.59 Å². The zero-order valence-corrected chi connectivity index (χ0v) is 11.1. The second kappa shape index (κ2) is 5.30. The Morgan fingerprint density at radius 2 is 2.06 bits per heavy atom. The van der Waals surface area contributed by atoms with E-state index in [1.54, 1.807) is 20.8 Å². The molecule has 0 aromatic carbocycles. The molecular formula is C12H19N2O4+. The number of carbonyl (C=O) groups excluding carboxylic acids is 2. The minimum absolute atomic E-state index is 0.0205. The summed E-state index contributed by atoms with van der Waals surface area (Å²) in [6, 6.07) is 0. The Bertz CT molecular complexity index is 457. The lowest BCUT2D eigenvalue weighted by Gasteiger charge is -2.17. The van der Waals surface area contributed by atoms with Crippen molar-refractivity contribution in [1.29, 1.82) is 0 Å². The molecule has 18 heavy (non-hydrogen) atoms. The van der Waals surface area contributed by atoms with Crippen molar-refractivity contribution in [3.8, 4) is 0 Å². The predicted octanol–water partition coefficient (Wildman–Crippen LogP) is 0.857. The molecule has 0 saturated carbocycles. The Morgan fingerprint density at radius 1 is 1.44 bits per heavy atom. The molecule has 6 heteroatoms. The number of ketones is 1. The Labute approximate surface area is 106 Å². The molecule has 1 heterocycles. The summed E-state index contributed by atoms with van der Waals surface area (Å²) >= 11 is 0. The van der Waals surface area contributed by atoms with Gasteiger partial charge in [0.05, 0.1) is 11.6 Å². The van der Waals surface area contributed by atoms with Gasteiger partial charge < -0.3 is 9.84 Å². The standard InChI is InChI=1S/C12H18N2O4/c1-8(16)10-13-5-9(6-15)14(10)7-18-11(17)12(2,3)4/h5,15H,6-7H2,1-4H3/p+1. The van der Waals surface area contributed by atoms with Gasteiger partial charge in [0.1, 0.15) is 5.69 Å². The molecule has 0 aliphatic rings. The van der Waals surface area contributed by atoms with Gasteiger partial charge in [-0.15, -0.1) is 0 Å².